The summed E-state index contributed by atoms with van der Waals surface area (Å²) in [5.41, 5.74) is 0.463. The zero-order valence-electron chi connectivity index (χ0n) is 11.9. The van der Waals surface area contributed by atoms with Gasteiger partial charge in [-0.25, -0.2) is 8.78 Å². The lowest BCUT2D eigenvalue weighted by Gasteiger charge is -2.32. The van der Waals surface area contributed by atoms with Crippen LogP contribution in [-0.4, -0.2) is 31.1 Å². The lowest BCUT2D eigenvalue weighted by Crippen LogP contribution is -2.37. The van der Waals surface area contributed by atoms with Gasteiger partial charge in [-0.3, -0.25) is 4.90 Å². The maximum absolute atomic E-state index is 13.6. The highest BCUT2D eigenvalue weighted by atomic mass is 35.5. The molecule has 1 N–H and O–H groups in total. The number of likely N-dealkylation sites (tertiary alicyclic amines) is 1. The van der Waals surface area contributed by atoms with Gasteiger partial charge < -0.3 is 5.32 Å². The van der Waals surface area contributed by atoms with Crippen LogP contribution in [0.3, 0.4) is 0 Å². The number of piperidine rings is 1. The van der Waals surface area contributed by atoms with E-state index in [0.717, 1.165) is 39.0 Å². The summed E-state index contributed by atoms with van der Waals surface area (Å²) >= 11 is 0. The third-order valence-electron chi connectivity index (χ3n) is 3.79. The lowest BCUT2D eigenvalue weighted by atomic mass is 9.96. The van der Waals surface area contributed by atoms with Gasteiger partial charge in [-0.1, -0.05) is 6.92 Å². The van der Waals surface area contributed by atoms with Crippen molar-refractivity contribution in [2.24, 2.45) is 5.92 Å². The van der Waals surface area contributed by atoms with Crippen LogP contribution in [0.1, 0.15) is 25.3 Å². The molecule has 1 aromatic carbocycles. The Bertz CT molecular complexity index is 407. The summed E-state index contributed by atoms with van der Waals surface area (Å²) in [7, 11) is 0. The highest BCUT2D eigenvalue weighted by Gasteiger charge is 2.19. The first-order valence-electron chi connectivity index (χ1n) is 7.06. The Labute approximate surface area is 126 Å². The van der Waals surface area contributed by atoms with Crippen LogP contribution in [-0.2, 0) is 6.54 Å². The maximum atomic E-state index is 13.6. The smallest absolute Gasteiger partial charge is 0.127 e. The van der Waals surface area contributed by atoms with Crippen LogP contribution in [0.5, 0.6) is 0 Å². The van der Waals surface area contributed by atoms with Gasteiger partial charge in [0.15, 0.2) is 0 Å². The summed E-state index contributed by atoms with van der Waals surface area (Å²) in [5.74, 6) is 0.0446. The zero-order chi connectivity index (χ0) is 13.7. The van der Waals surface area contributed by atoms with Crippen molar-refractivity contribution in [3.63, 3.8) is 0 Å². The van der Waals surface area contributed by atoms with Gasteiger partial charge in [0.2, 0.25) is 0 Å². The highest BCUT2D eigenvalue weighted by molar-refractivity contribution is 5.85. The van der Waals surface area contributed by atoms with E-state index < -0.39 is 0 Å². The van der Waals surface area contributed by atoms with Crippen molar-refractivity contribution < 1.29 is 8.78 Å². The standard InChI is InChI=1S/C15H22F2N2.ClH/c1-2-18-10-12-5-7-19(8-6-12)11-13-9-14(16)3-4-15(13)17;/h3-4,9,12,18H,2,5-8,10-11H2,1H3;1H. The van der Waals surface area contributed by atoms with Crippen LogP contribution in [0.25, 0.3) is 0 Å². The van der Waals surface area contributed by atoms with Crippen molar-refractivity contribution >= 4 is 12.4 Å². The largest absolute Gasteiger partial charge is 0.317 e. The van der Waals surface area contributed by atoms with E-state index >= 15 is 0 Å². The quantitative estimate of drug-likeness (QED) is 0.898. The number of hydrogen-bond acceptors (Lipinski definition) is 2. The molecule has 1 saturated heterocycles. The second-order valence-corrected chi connectivity index (χ2v) is 5.26. The fourth-order valence-electron chi connectivity index (χ4n) is 2.60. The first kappa shape index (κ1) is 17.3. The Balaban J connectivity index is 0.00000200. The van der Waals surface area contributed by atoms with Crippen molar-refractivity contribution in [2.75, 3.05) is 26.2 Å². The Kier molecular flexibility index (Phi) is 7.41. The molecular weight excluding hydrogens is 282 g/mol. The van der Waals surface area contributed by atoms with E-state index in [-0.39, 0.29) is 24.0 Å². The second-order valence-electron chi connectivity index (χ2n) is 5.26. The SMILES string of the molecule is CCNCC1CCN(Cc2cc(F)ccc2F)CC1.Cl. The highest BCUT2D eigenvalue weighted by Crippen LogP contribution is 2.20. The van der Waals surface area contributed by atoms with Crippen LogP contribution in [0.2, 0.25) is 0 Å². The molecular formula is C15H23ClF2N2. The van der Waals surface area contributed by atoms with E-state index in [9.17, 15) is 8.78 Å². The molecule has 0 saturated carbocycles. The van der Waals surface area contributed by atoms with Crippen LogP contribution < -0.4 is 5.32 Å². The summed E-state index contributed by atoms with van der Waals surface area (Å²) in [6.45, 7) is 6.63. The van der Waals surface area contributed by atoms with E-state index in [2.05, 4.69) is 17.1 Å². The molecule has 0 atom stereocenters. The lowest BCUT2D eigenvalue weighted by molar-refractivity contribution is 0.174. The van der Waals surface area contributed by atoms with Crippen molar-refractivity contribution in [1.29, 1.82) is 0 Å². The Morgan fingerprint density at radius 1 is 1.25 bits per heavy atom. The van der Waals surface area contributed by atoms with Crippen LogP contribution in [0, 0.1) is 17.6 Å². The molecule has 0 radical (unpaired) electrons. The molecule has 0 aliphatic carbocycles. The van der Waals surface area contributed by atoms with Gasteiger partial charge in [-0.2, -0.15) is 0 Å². The molecule has 1 aliphatic heterocycles. The molecule has 0 spiro atoms. The van der Waals surface area contributed by atoms with E-state index in [4.69, 9.17) is 0 Å². The predicted octanol–water partition coefficient (Wildman–Crippen LogP) is 3.21. The van der Waals surface area contributed by atoms with Crippen LogP contribution >= 0.6 is 12.4 Å². The zero-order valence-corrected chi connectivity index (χ0v) is 12.7. The number of nitrogens with one attached hydrogen (secondary N) is 1. The van der Waals surface area contributed by atoms with Gasteiger partial charge in [0, 0.05) is 12.1 Å². The van der Waals surface area contributed by atoms with E-state index in [1.807, 2.05) is 0 Å². The number of halogens is 3. The number of nitrogens with zero attached hydrogens (tertiary/aromatic N) is 1. The second kappa shape index (κ2) is 8.55. The molecule has 1 aliphatic rings. The normalized spacial score (nSPS) is 16.9. The molecule has 1 heterocycles. The van der Waals surface area contributed by atoms with Crippen molar-refractivity contribution in [2.45, 2.75) is 26.3 Å². The Morgan fingerprint density at radius 3 is 2.60 bits per heavy atom. The number of benzene rings is 1. The molecule has 1 fully saturated rings. The van der Waals surface area contributed by atoms with Crippen LogP contribution in [0.15, 0.2) is 18.2 Å². The van der Waals surface area contributed by atoms with Gasteiger partial charge in [-0.05, 0) is 63.1 Å². The van der Waals surface area contributed by atoms with Gasteiger partial charge in [0.1, 0.15) is 11.6 Å². The molecule has 2 nitrogen and oxygen atoms in total. The van der Waals surface area contributed by atoms with Crippen molar-refractivity contribution in [3.8, 4) is 0 Å². The van der Waals surface area contributed by atoms with Gasteiger partial charge >= 0.3 is 0 Å². The summed E-state index contributed by atoms with van der Waals surface area (Å²) in [4.78, 5) is 2.21. The third kappa shape index (κ3) is 5.00. The van der Waals surface area contributed by atoms with E-state index in [1.54, 1.807) is 0 Å². The van der Waals surface area contributed by atoms with Crippen molar-refractivity contribution in [1.82, 2.24) is 10.2 Å². The van der Waals surface area contributed by atoms with Gasteiger partial charge in [0.05, 0.1) is 0 Å². The minimum Gasteiger partial charge on any atom is -0.317 e. The summed E-state index contributed by atoms with van der Waals surface area (Å²) in [5, 5.41) is 3.37. The fourth-order valence-corrected chi connectivity index (χ4v) is 2.60. The third-order valence-corrected chi connectivity index (χ3v) is 3.79. The molecule has 114 valence electrons. The molecule has 0 bridgehead atoms. The first-order valence-corrected chi connectivity index (χ1v) is 7.06. The molecule has 20 heavy (non-hydrogen) atoms. The first-order chi connectivity index (χ1) is 9.19. The molecule has 2 rings (SSSR count). The van der Waals surface area contributed by atoms with Gasteiger partial charge in [-0.15, -0.1) is 12.4 Å². The fraction of sp³-hybridized carbons (Fsp3) is 0.600. The minimum atomic E-state index is -0.363. The number of rotatable bonds is 5. The summed E-state index contributed by atoms with van der Waals surface area (Å²) in [6, 6.07) is 3.68. The molecule has 1 aromatic rings. The predicted molar refractivity (Wildman–Crippen MR) is 80.2 cm³/mol. The molecule has 5 heteroatoms. The molecule has 0 amide bonds. The van der Waals surface area contributed by atoms with E-state index in [1.165, 1.54) is 18.2 Å². The van der Waals surface area contributed by atoms with E-state index in [0.29, 0.717) is 18.0 Å². The topological polar surface area (TPSA) is 15.3 Å². The van der Waals surface area contributed by atoms with Crippen LogP contribution in [0.4, 0.5) is 8.78 Å². The monoisotopic (exact) mass is 304 g/mol. The molecule has 0 unspecified atom stereocenters. The maximum Gasteiger partial charge on any atom is 0.127 e. The average molecular weight is 305 g/mol. The van der Waals surface area contributed by atoms with Crippen molar-refractivity contribution in [3.05, 3.63) is 35.4 Å². The Hall–Kier alpha value is -0.710. The molecule has 0 aromatic heterocycles. The minimum absolute atomic E-state index is 0. The Morgan fingerprint density at radius 2 is 1.95 bits per heavy atom. The summed E-state index contributed by atoms with van der Waals surface area (Å²) in [6.07, 6.45) is 2.26. The van der Waals surface area contributed by atoms with Gasteiger partial charge in [0.25, 0.3) is 0 Å². The summed E-state index contributed by atoms with van der Waals surface area (Å²) < 4.78 is 26.7. The number of hydrogen-bond donors (Lipinski definition) is 1. The average Bonchev–Trinajstić information content (AvgIpc) is 2.42.